The zero-order valence-electron chi connectivity index (χ0n) is 12.1. The number of carbonyl (C=O) groups is 1. The Bertz CT molecular complexity index is 583. The number of rotatable bonds is 2. The zero-order chi connectivity index (χ0) is 15.4. The molecule has 2 aliphatic heterocycles. The summed E-state index contributed by atoms with van der Waals surface area (Å²) in [7, 11) is 0. The molecule has 0 spiro atoms. The van der Waals surface area contributed by atoms with E-state index in [0.717, 1.165) is 6.92 Å². The number of hydrogen-bond donors (Lipinski definition) is 0. The highest BCUT2D eigenvalue weighted by Crippen LogP contribution is 2.54. The van der Waals surface area contributed by atoms with Gasteiger partial charge in [0.2, 0.25) is 5.91 Å². The van der Waals surface area contributed by atoms with Gasteiger partial charge >= 0.3 is 0 Å². The van der Waals surface area contributed by atoms with Crippen molar-refractivity contribution < 1.29 is 18.0 Å². The van der Waals surface area contributed by atoms with Crippen LogP contribution in [-0.2, 0) is 4.79 Å². The Hall–Kier alpha value is -1.52. The van der Waals surface area contributed by atoms with Gasteiger partial charge in [0.05, 0.1) is 6.04 Å². The van der Waals surface area contributed by atoms with Gasteiger partial charge in [-0.1, -0.05) is 12.1 Å². The van der Waals surface area contributed by atoms with Gasteiger partial charge in [-0.05, 0) is 43.9 Å². The van der Waals surface area contributed by atoms with Crippen LogP contribution in [-0.4, -0.2) is 22.8 Å². The van der Waals surface area contributed by atoms with Crippen molar-refractivity contribution in [1.82, 2.24) is 4.90 Å². The largest absolute Gasteiger partial charge is 0.332 e. The van der Waals surface area contributed by atoms with E-state index in [1.165, 1.54) is 19.1 Å². The molecule has 5 heteroatoms. The molecule has 2 nitrogen and oxygen atoms in total. The minimum atomic E-state index is -3.05. The Morgan fingerprint density at radius 3 is 2.67 bits per heavy atom. The van der Waals surface area contributed by atoms with Gasteiger partial charge in [0, 0.05) is 13.0 Å². The van der Waals surface area contributed by atoms with Gasteiger partial charge < -0.3 is 4.90 Å². The van der Waals surface area contributed by atoms with Crippen molar-refractivity contribution in [3.05, 3.63) is 35.6 Å². The van der Waals surface area contributed by atoms with Gasteiger partial charge in [0.1, 0.15) is 11.2 Å². The SMILES string of the molecule is CC(F)(F)C1(C)C[C@H]2CC[C@H](c3cccc(F)c3)N2C1=O. The molecule has 0 bridgehead atoms. The molecule has 114 valence electrons. The van der Waals surface area contributed by atoms with Crippen LogP contribution in [0.3, 0.4) is 0 Å². The molecular weight excluding hydrogens is 279 g/mol. The molecule has 1 amide bonds. The van der Waals surface area contributed by atoms with Crippen molar-refractivity contribution >= 4 is 5.91 Å². The lowest BCUT2D eigenvalue weighted by molar-refractivity contribution is -0.156. The summed E-state index contributed by atoms with van der Waals surface area (Å²) in [5.41, 5.74) is -0.960. The number of carbonyl (C=O) groups excluding carboxylic acids is 1. The van der Waals surface area contributed by atoms with Crippen LogP contribution in [0.5, 0.6) is 0 Å². The number of hydrogen-bond acceptors (Lipinski definition) is 1. The van der Waals surface area contributed by atoms with E-state index in [-0.39, 0.29) is 24.3 Å². The Balaban J connectivity index is 1.95. The van der Waals surface area contributed by atoms with Gasteiger partial charge in [-0.15, -0.1) is 0 Å². The normalized spacial score (nSPS) is 32.6. The first kappa shape index (κ1) is 14.4. The molecule has 1 aromatic rings. The van der Waals surface area contributed by atoms with Crippen LogP contribution in [0.1, 0.15) is 44.7 Å². The topological polar surface area (TPSA) is 20.3 Å². The third kappa shape index (κ3) is 2.05. The van der Waals surface area contributed by atoms with Crippen LogP contribution < -0.4 is 0 Å². The molecule has 1 aromatic carbocycles. The predicted octanol–water partition coefficient (Wildman–Crippen LogP) is 3.92. The molecule has 0 saturated carbocycles. The number of nitrogens with zero attached hydrogens (tertiary/aromatic N) is 1. The van der Waals surface area contributed by atoms with Crippen LogP contribution in [0.25, 0.3) is 0 Å². The summed E-state index contributed by atoms with van der Waals surface area (Å²) in [5.74, 6) is -3.93. The van der Waals surface area contributed by atoms with E-state index in [4.69, 9.17) is 0 Å². The lowest BCUT2D eigenvalue weighted by Crippen LogP contribution is -2.44. The molecule has 21 heavy (non-hydrogen) atoms. The first-order chi connectivity index (χ1) is 9.74. The summed E-state index contributed by atoms with van der Waals surface area (Å²) in [5, 5.41) is 0. The van der Waals surface area contributed by atoms with Gasteiger partial charge in [0.15, 0.2) is 0 Å². The first-order valence-corrected chi connectivity index (χ1v) is 7.20. The maximum absolute atomic E-state index is 13.9. The minimum absolute atomic E-state index is 0.165. The molecule has 2 fully saturated rings. The first-order valence-electron chi connectivity index (χ1n) is 7.20. The van der Waals surface area contributed by atoms with Crippen molar-refractivity contribution in [2.75, 3.05) is 0 Å². The number of fused-ring (bicyclic) bond motifs is 1. The Morgan fingerprint density at radius 2 is 2.05 bits per heavy atom. The molecule has 2 saturated heterocycles. The molecule has 2 heterocycles. The summed E-state index contributed by atoms with van der Waals surface area (Å²) in [6.45, 7) is 2.15. The fraction of sp³-hybridized carbons (Fsp3) is 0.562. The monoisotopic (exact) mass is 297 g/mol. The van der Waals surface area contributed by atoms with E-state index >= 15 is 0 Å². The smallest absolute Gasteiger partial charge is 0.259 e. The maximum Gasteiger partial charge on any atom is 0.259 e. The third-order valence-electron chi connectivity index (χ3n) is 5.06. The van der Waals surface area contributed by atoms with E-state index in [9.17, 15) is 18.0 Å². The second-order valence-corrected chi connectivity index (χ2v) is 6.44. The summed E-state index contributed by atoms with van der Waals surface area (Å²) in [4.78, 5) is 14.1. The van der Waals surface area contributed by atoms with Crippen LogP contribution in [0.15, 0.2) is 24.3 Å². The van der Waals surface area contributed by atoms with E-state index in [1.807, 2.05) is 0 Å². The van der Waals surface area contributed by atoms with E-state index in [2.05, 4.69) is 0 Å². The Labute approximate surface area is 121 Å². The molecule has 0 aromatic heterocycles. The van der Waals surface area contributed by atoms with E-state index in [1.54, 1.807) is 17.0 Å². The third-order valence-corrected chi connectivity index (χ3v) is 5.06. The van der Waals surface area contributed by atoms with Crippen molar-refractivity contribution in [3.8, 4) is 0 Å². The molecule has 0 radical (unpaired) electrons. The fourth-order valence-corrected chi connectivity index (χ4v) is 3.64. The molecular formula is C16H18F3NO. The second kappa shape index (κ2) is 4.49. The Morgan fingerprint density at radius 1 is 1.33 bits per heavy atom. The van der Waals surface area contributed by atoms with E-state index < -0.39 is 17.2 Å². The number of halogens is 3. The van der Waals surface area contributed by atoms with Crippen molar-refractivity contribution in [3.63, 3.8) is 0 Å². The van der Waals surface area contributed by atoms with Crippen LogP contribution in [0.4, 0.5) is 13.2 Å². The Kier molecular flexibility index (Phi) is 3.08. The predicted molar refractivity (Wildman–Crippen MR) is 72.4 cm³/mol. The molecule has 0 N–H and O–H groups in total. The highest BCUT2D eigenvalue weighted by atomic mass is 19.3. The summed E-state index contributed by atoms with van der Waals surface area (Å²) < 4.78 is 41.1. The maximum atomic E-state index is 13.9. The standard InChI is InChI=1S/C16H18F3NO/c1-15(16(2,18)19)9-12-6-7-13(20(12)14(15)21)10-4-3-5-11(17)8-10/h3-5,8,12-13H,6-7,9H2,1-2H3/t12-,13-,15?/m1/s1. The second-order valence-electron chi connectivity index (χ2n) is 6.44. The number of benzene rings is 1. The van der Waals surface area contributed by atoms with Gasteiger partial charge in [-0.3, -0.25) is 4.79 Å². The number of alkyl halides is 2. The molecule has 2 aliphatic rings. The highest BCUT2D eigenvalue weighted by Gasteiger charge is 2.62. The van der Waals surface area contributed by atoms with Crippen LogP contribution in [0.2, 0.25) is 0 Å². The van der Waals surface area contributed by atoms with E-state index in [0.29, 0.717) is 18.4 Å². The van der Waals surface area contributed by atoms with Gasteiger partial charge in [0.25, 0.3) is 5.92 Å². The summed E-state index contributed by atoms with van der Waals surface area (Å²) in [6.07, 6.45) is 1.56. The van der Waals surface area contributed by atoms with Crippen molar-refractivity contribution in [2.45, 2.75) is 51.1 Å². The van der Waals surface area contributed by atoms with Crippen LogP contribution >= 0.6 is 0 Å². The quantitative estimate of drug-likeness (QED) is 0.810. The highest BCUT2D eigenvalue weighted by molar-refractivity contribution is 5.87. The van der Waals surface area contributed by atoms with Crippen LogP contribution in [0, 0.1) is 11.2 Å². The molecule has 3 rings (SSSR count). The minimum Gasteiger partial charge on any atom is -0.332 e. The van der Waals surface area contributed by atoms with Gasteiger partial charge in [-0.2, -0.15) is 0 Å². The average Bonchev–Trinajstić information content (AvgIpc) is 2.89. The van der Waals surface area contributed by atoms with Crippen molar-refractivity contribution in [2.24, 2.45) is 5.41 Å². The molecule has 1 unspecified atom stereocenters. The molecule has 0 aliphatic carbocycles. The lowest BCUT2D eigenvalue weighted by atomic mass is 9.80. The van der Waals surface area contributed by atoms with Crippen molar-refractivity contribution in [1.29, 1.82) is 0 Å². The summed E-state index contributed by atoms with van der Waals surface area (Å²) in [6, 6.07) is 5.62. The fourth-order valence-electron chi connectivity index (χ4n) is 3.64. The zero-order valence-corrected chi connectivity index (χ0v) is 12.1. The summed E-state index contributed by atoms with van der Waals surface area (Å²) >= 11 is 0. The average molecular weight is 297 g/mol. The van der Waals surface area contributed by atoms with Gasteiger partial charge in [-0.25, -0.2) is 13.2 Å². The number of amides is 1. The lowest BCUT2D eigenvalue weighted by Gasteiger charge is -2.31. The molecule has 3 atom stereocenters.